The number of fused-ring (bicyclic) bond motifs is 1. The summed E-state index contributed by atoms with van der Waals surface area (Å²) in [5, 5.41) is 1.01. The number of aromatic amines is 1. The third-order valence-electron chi connectivity index (χ3n) is 5.92. The Morgan fingerprint density at radius 1 is 0.806 bits per heavy atom. The molecule has 2 heterocycles. The highest BCUT2D eigenvalue weighted by Crippen LogP contribution is 2.30. The highest BCUT2D eigenvalue weighted by atomic mass is 16.7. The van der Waals surface area contributed by atoms with E-state index in [1.165, 1.54) is 0 Å². The summed E-state index contributed by atoms with van der Waals surface area (Å²) < 4.78 is 27.9. The number of aromatic nitrogens is 1. The second kappa shape index (κ2) is 12.5. The smallest absolute Gasteiger partial charge is 0.308 e. The van der Waals surface area contributed by atoms with Crippen molar-refractivity contribution in [1.82, 2.24) is 4.98 Å². The number of rotatable bonds is 10. The van der Waals surface area contributed by atoms with Crippen LogP contribution in [0.5, 0.6) is 0 Å². The summed E-state index contributed by atoms with van der Waals surface area (Å²) >= 11 is 0. The average Bonchev–Trinajstić information content (AvgIpc) is 3.29. The number of ether oxygens (including phenoxy) is 5. The van der Waals surface area contributed by atoms with Gasteiger partial charge in [0, 0.05) is 42.8 Å². The first-order chi connectivity index (χ1) is 17.3. The summed E-state index contributed by atoms with van der Waals surface area (Å²) in [6.07, 6.45) is -3.27. The molecule has 3 rings (SSSR count). The lowest BCUT2D eigenvalue weighted by Gasteiger charge is -2.43. The fraction of sp³-hybridized carbons (Fsp3) is 0.538. The van der Waals surface area contributed by atoms with E-state index < -0.39 is 54.6 Å². The van der Waals surface area contributed by atoms with Crippen molar-refractivity contribution >= 4 is 34.8 Å². The fourth-order valence-electron chi connectivity index (χ4n) is 3.96. The monoisotopic (exact) mass is 503 g/mol. The normalized spacial score (nSPS) is 23.6. The minimum Gasteiger partial charge on any atom is -0.455 e. The maximum absolute atomic E-state index is 12.8. The molecule has 0 aliphatic carbocycles. The molecule has 10 heteroatoms. The molecule has 1 aliphatic rings. The van der Waals surface area contributed by atoms with E-state index in [1.54, 1.807) is 27.7 Å². The number of hydrogen-bond donors (Lipinski definition) is 1. The molecule has 0 amide bonds. The van der Waals surface area contributed by atoms with E-state index in [4.69, 9.17) is 23.7 Å². The van der Waals surface area contributed by atoms with Gasteiger partial charge >= 0.3 is 23.9 Å². The van der Waals surface area contributed by atoms with Crippen molar-refractivity contribution in [2.45, 2.75) is 90.5 Å². The van der Waals surface area contributed by atoms with Gasteiger partial charge in [-0.15, -0.1) is 0 Å². The number of carbonyl (C=O) groups is 4. The number of nitrogens with one attached hydrogen (secondary N) is 1. The predicted molar refractivity (Wildman–Crippen MR) is 128 cm³/mol. The highest BCUT2D eigenvalue weighted by Gasteiger charge is 2.52. The Bertz CT molecular complexity index is 1080. The van der Waals surface area contributed by atoms with E-state index in [0.29, 0.717) is 6.42 Å². The predicted octanol–water partition coefficient (Wildman–Crippen LogP) is 3.35. The van der Waals surface area contributed by atoms with Gasteiger partial charge in [0.15, 0.2) is 12.2 Å². The minimum absolute atomic E-state index is 0.0289. The Labute approximate surface area is 209 Å². The molecule has 10 nitrogen and oxygen atoms in total. The summed E-state index contributed by atoms with van der Waals surface area (Å²) in [6, 6.07) is 7.74. The third-order valence-corrected chi connectivity index (χ3v) is 5.92. The van der Waals surface area contributed by atoms with Crippen LogP contribution in [0, 0.1) is 0 Å². The van der Waals surface area contributed by atoms with Gasteiger partial charge in [-0.2, -0.15) is 0 Å². The second-order valence-corrected chi connectivity index (χ2v) is 8.48. The lowest BCUT2D eigenvalue weighted by Crippen LogP contribution is -2.61. The van der Waals surface area contributed by atoms with Crippen LogP contribution in [0.1, 0.15) is 58.9 Å². The molecule has 1 aromatic heterocycles. The lowest BCUT2D eigenvalue weighted by atomic mass is 9.98. The van der Waals surface area contributed by atoms with Crippen LogP contribution in [0.2, 0.25) is 0 Å². The number of esters is 4. The van der Waals surface area contributed by atoms with Gasteiger partial charge in [-0.05, 0) is 25.0 Å². The van der Waals surface area contributed by atoms with Gasteiger partial charge in [0.2, 0.25) is 12.4 Å². The highest BCUT2D eigenvalue weighted by molar-refractivity contribution is 5.83. The minimum atomic E-state index is -1.35. The Morgan fingerprint density at radius 3 is 2.03 bits per heavy atom. The molecule has 196 valence electrons. The Morgan fingerprint density at radius 2 is 1.39 bits per heavy atom. The van der Waals surface area contributed by atoms with Crippen molar-refractivity contribution in [3.63, 3.8) is 0 Å². The number of carbonyl (C=O) groups excluding carboxylic acids is 4. The summed E-state index contributed by atoms with van der Waals surface area (Å²) in [5.41, 5.74) is 1.92. The van der Waals surface area contributed by atoms with Gasteiger partial charge in [0.25, 0.3) is 0 Å². The van der Waals surface area contributed by atoms with E-state index in [-0.39, 0.29) is 25.7 Å². The van der Waals surface area contributed by atoms with Gasteiger partial charge < -0.3 is 28.7 Å². The van der Waals surface area contributed by atoms with Gasteiger partial charge in [0.1, 0.15) is 0 Å². The lowest BCUT2D eigenvalue weighted by molar-refractivity contribution is -0.294. The van der Waals surface area contributed by atoms with E-state index in [0.717, 1.165) is 16.5 Å². The number of benzene rings is 1. The summed E-state index contributed by atoms with van der Waals surface area (Å²) in [5.74, 6) is -2.33. The molecule has 0 radical (unpaired) electrons. The van der Waals surface area contributed by atoms with Crippen molar-refractivity contribution in [2.75, 3.05) is 0 Å². The molecule has 5 unspecified atom stereocenters. The van der Waals surface area contributed by atoms with Crippen molar-refractivity contribution < 1.29 is 42.9 Å². The van der Waals surface area contributed by atoms with Crippen LogP contribution in [0.4, 0.5) is 0 Å². The van der Waals surface area contributed by atoms with Crippen LogP contribution in [-0.2, 0) is 49.3 Å². The number of aryl methyl sites for hydroxylation is 1. The summed E-state index contributed by atoms with van der Waals surface area (Å²) in [4.78, 5) is 52.4. The van der Waals surface area contributed by atoms with Crippen LogP contribution in [-0.4, -0.2) is 59.6 Å². The zero-order valence-corrected chi connectivity index (χ0v) is 21.0. The van der Waals surface area contributed by atoms with Crippen LogP contribution in [0.15, 0.2) is 30.5 Å². The van der Waals surface area contributed by atoms with E-state index in [1.807, 2.05) is 30.5 Å². The molecule has 0 saturated carbocycles. The van der Waals surface area contributed by atoms with E-state index in [9.17, 15) is 19.2 Å². The number of H-pyrrole nitrogens is 1. The molecule has 0 bridgehead atoms. The average molecular weight is 504 g/mol. The van der Waals surface area contributed by atoms with Crippen molar-refractivity contribution in [1.29, 1.82) is 0 Å². The molecule has 36 heavy (non-hydrogen) atoms. The third kappa shape index (κ3) is 6.63. The number of para-hydroxylation sites is 1. The molecule has 1 fully saturated rings. The Hall–Kier alpha value is -3.40. The first kappa shape index (κ1) is 27.2. The van der Waals surface area contributed by atoms with E-state index in [2.05, 4.69) is 4.98 Å². The molecule has 1 aliphatic heterocycles. The molecular formula is C26H33NO9. The van der Waals surface area contributed by atoms with Crippen LogP contribution >= 0.6 is 0 Å². The molecule has 1 N–H and O–H groups in total. The molecule has 1 saturated heterocycles. The zero-order chi connectivity index (χ0) is 26.2. The van der Waals surface area contributed by atoms with Gasteiger partial charge in [-0.1, -0.05) is 39.0 Å². The Balaban J connectivity index is 1.78. The SMILES string of the molecule is CCC(=O)OC1C(C)OC(OC(=O)CCc2c[nH]c3ccccc23)C(OC(=O)CC)C1OC(=O)CC. The summed E-state index contributed by atoms with van der Waals surface area (Å²) in [6.45, 7) is 6.42. The topological polar surface area (TPSA) is 130 Å². The first-order valence-electron chi connectivity index (χ1n) is 12.3. The van der Waals surface area contributed by atoms with Crippen LogP contribution < -0.4 is 0 Å². The van der Waals surface area contributed by atoms with Gasteiger partial charge in [0.05, 0.1) is 6.10 Å². The van der Waals surface area contributed by atoms with Crippen LogP contribution in [0.25, 0.3) is 10.9 Å². The van der Waals surface area contributed by atoms with Crippen molar-refractivity contribution in [2.24, 2.45) is 0 Å². The maximum Gasteiger partial charge on any atom is 0.308 e. The zero-order valence-electron chi connectivity index (χ0n) is 21.0. The van der Waals surface area contributed by atoms with Gasteiger partial charge in [-0.25, -0.2) is 0 Å². The maximum atomic E-state index is 12.8. The van der Waals surface area contributed by atoms with Gasteiger partial charge in [-0.3, -0.25) is 19.2 Å². The van der Waals surface area contributed by atoms with Crippen molar-refractivity contribution in [3.05, 3.63) is 36.0 Å². The van der Waals surface area contributed by atoms with Crippen molar-refractivity contribution in [3.8, 4) is 0 Å². The Kier molecular flexibility index (Phi) is 9.46. The van der Waals surface area contributed by atoms with E-state index >= 15 is 0 Å². The number of hydrogen-bond acceptors (Lipinski definition) is 9. The first-order valence-corrected chi connectivity index (χ1v) is 12.3. The largest absolute Gasteiger partial charge is 0.455 e. The molecule has 2 aromatic rings. The quantitative estimate of drug-likeness (QED) is 0.383. The fourth-order valence-corrected chi connectivity index (χ4v) is 3.96. The standard InChI is InChI=1S/C26H33NO9/c1-5-19(28)33-23-15(4)32-26(25(35-21(30)7-3)24(23)34-20(29)6-2)36-22(31)13-12-16-14-27-18-11-9-8-10-17(16)18/h8-11,14-15,23-27H,5-7,12-13H2,1-4H3. The molecular weight excluding hydrogens is 470 g/mol. The summed E-state index contributed by atoms with van der Waals surface area (Å²) in [7, 11) is 0. The molecule has 0 spiro atoms. The van der Waals surface area contributed by atoms with Crippen LogP contribution in [0.3, 0.4) is 0 Å². The second-order valence-electron chi connectivity index (χ2n) is 8.48. The molecule has 5 atom stereocenters. The molecule has 1 aromatic carbocycles.